The Labute approximate surface area is 95.6 Å². The third-order valence-corrected chi connectivity index (χ3v) is 3.44. The van der Waals surface area contributed by atoms with Crippen LogP contribution in [0.3, 0.4) is 0 Å². The summed E-state index contributed by atoms with van der Waals surface area (Å²) in [5.41, 5.74) is 2.60. The number of ether oxygens (including phenoxy) is 1. The summed E-state index contributed by atoms with van der Waals surface area (Å²) in [4.78, 5) is 1.32. The fourth-order valence-electron chi connectivity index (χ4n) is 1.61. The summed E-state index contributed by atoms with van der Waals surface area (Å²) >= 11 is 1.75. The van der Waals surface area contributed by atoms with Gasteiger partial charge in [-0.15, -0.1) is 11.3 Å². The first kappa shape index (κ1) is 12.6. The SMILES string of the molecule is CCOC(C)(C)C(Cc1cccs1)NN. The van der Waals surface area contributed by atoms with Crippen molar-refractivity contribution in [2.45, 2.75) is 38.8 Å². The normalized spacial score (nSPS) is 14.1. The third kappa shape index (κ3) is 3.57. The highest BCUT2D eigenvalue weighted by atomic mass is 32.1. The molecular formula is C11H20N2OS. The quantitative estimate of drug-likeness (QED) is 0.578. The molecule has 0 spiro atoms. The molecule has 0 aliphatic rings. The van der Waals surface area contributed by atoms with Crippen LogP contribution in [-0.4, -0.2) is 18.2 Å². The van der Waals surface area contributed by atoms with E-state index in [4.69, 9.17) is 10.6 Å². The first-order chi connectivity index (χ1) is 7.10. The van der Waals surface area contributed by atoms with Gasteiger partial charge in [0.2, 0.25) is 0 Å². The van der Waals surface area contributed by atoms with Gasteiger partial charge in [-0.25, -0.2) is 0 Å². The molecule has 86 valence electrons. The zero-order valence-electron chi connectivity index (χ0n) is 9.62. The molecule has 0 radical (unpaired) electrons. The van der Waals surface area contributed by atoms with Crippen molar-refractivity contribution in [1.82, 2.24) is 5.43 Å². The molecule has 0 aliphatic heterocycles. The highest BCUT2D eigenvalue weighted by molar-refractivity contribution is 7.09. The van der Waals surface area contributed by atoms with Crippen LogP contribution < -0.4 is 11.3 Å². The van der Waals surface area contributed by atoms with E-state index in [-0.39, 0.29) is 11.6 Å². The van der Waals surface area contributed by atoms with E-state index >= 15 is 0 Å². The molecule has 4 heteroatoms. The van der Waals surface area contributed by atoms with Gasteiger partial charge in [0, 0.05) is 17.9 Å². The standard InChI is InChI=1S/C11H20N2OS/c1-4-14-11(2,3)10(13-12)8-9-6-5-7-15-9/h5-7,10,13H,4,8,12H2,1-3H3. The smallest absolute Gasteiger partial charge is 0.0795 e. The number of hydrogen-bond acceptors (Lipinski definition) is 4. The van der Waals surface area contributed by atoms with Crippen LogP contribution in [0.1, 0.15) is 25.6 Å². The molecule has 0 aromatic carbocycles. The van der Waals surface area contributed by atoms with Crippen LogP contribution in [0.4, 0.5) is 0 Å². The maximum absolute atomic E-state index is 5.69. The minimum absolute atomic E-state index is 0.135. The maximum Gasteiger partial charge on any atom is 0.0795 e. The molecule has 0 aliphatic carbocycles. The van der Waals surface area contributed by atoms with Crippen molar-refractivity contribution >= 4 is 11.3 Å². The highest BCUT2D eigenvalue weighted by Crippen LogP contribution is 2.20. The maximum atomic E-state index is 5.69. The van der Waals surface area contributed by atoms with Crippen molar-refractivity contribution in [1.29, 1.82) is 0 Å². The molecule has 0 amide bonds. The van der Waals surface area contributed by atoms with E-state index in [0.29, 0.717) is 6.61 Å². The average molecular weight is 228 g/mol. The fraction of sp³-hybridized carbons (Fsp3) is 0.636. The number of hydrogen-bond donors (Lipinski definition) is 2. The number of nitrogens with one attached hydrogen (secondary N) is 1. The summed E-state index contributed by atoms with van der Waals surface area (Å²) in [7, 11) is 0. The number of thiophene rings is 1. The van der Waals surface area contributed by atoms with Gasteiger partial charge < -0.3 is 4.74 Å². The van der Waals surface area contributed by atoms with Crippen LogP contribution in [0, 0.1) is 0 Å². The van der Waals surface area contributed by atoms with Gasteiger partial charge in [0.25, 0.3) is 0 Å². The number of rotatable bonds is 6. The van der Waals surface area contributed by atoms with Crippen LogP contribution in [0.2, 0.25) is 0 Å². The Bertz CT molecular complexity index is 272. The van der Waals surface area contributed by atoms with Crippen molar-refractivity contribution in [3.63, 3.8) is 0 Å². The summed E-state index contributed by atoms with van der Waals surface area (Å²) in [6.45, 7) is 6.83. The van der Waals surface area contributed by atoms with Crippen LogP contribution in [0.25, 0.3) is 0 Å². The van der Waals surface area contributed by atoms with Gasteiger partial charge in [-0.2, -0.15) is 0 Å². The lowest BCUT2D eigenvalue weighted by Crippen LogP contribution is -2.52. The summed E-state index contributed by atoms with van der Waals surface area (Å²) < 4.78 is 5.69. The summed E-state index contributed by atoms with van der Waals surface area (Å²) in [5, 5.41) is 2.08. The minimum Gasteiger partial charge on any atom is -0.374 e. The van der Waals surface area contributed by atoms with Crippen LogP contribution in [0.15, 0.2) is 17.5 Å². The molecule has 0 saturated carbocycles. The second kappa shape index (κ2) is 5.61. The Kier molecular flexibility index (Phi) is 4.73. The average Bonchev–Trinajstić information content (AvgIpc) is 2.66. The molecule has 1 rings (SSSR count). The van der Waals surface area contributed by atoms with Crippen molar-refractivity contribution < 1.29 is 4.74 Å². The van der Waals surface area contributed by atoms with Crippen LogP contribution in [-0.2, 0) is 11.2 Å². The van der Waals surface area contributed by atoms with E-state index < -0.39 is 0 Å². The summed E-state index contributed by atoms with van der Waals surface area (Å²) in [6, 6.07) is 4.31. The lowest BCUT2D eigenvalue weighted by molar-refractivity contribution is -0.0379. The molecule has 1 aromatic heterocycles. The molecule has 1 aromatic rings. The Hall–Kier alpha value is -0.420. The zero-order valence-corrected chi connectivity index (χ0v) is 10.4. The van der Waals surface area contributed by atoms with Crippen molar-refractivity contribution in [2.24, 2.45) is 5.84 Å². The van der Waals surface area contributed by atoms with Crippen molar-refractivity contribution in [2.75, 3.05) is 6.61 Å². The molecule has 0 fully saturated rings. The van der Waals surface area contributed by atoms with Gasteiger partial charge in [0.15, 0.2) is 0 Å². The molecule has 1 unspecified atom stereocenters. The van der Waals surface area contributed by atoms with E-state index in [1.807, 2.05) is 6.92 Å². The van der Waals surface area contributed by atoms with Crippen LogP contribution >= 0.6 is 11.3 Å². The van der Waals surface area contributed by atoms with Gasteiger partial charge in [-0.05, 0) is 32.2 Å². The fourth-order valence-corrected chi connectivity index (χ4v) is 2.36. The first-order valence-corrected chi connectivity index (χ1v) is 6.10. The second-order valence-electron chi connectivity index (χ2n) is 4.04. The first-order valence-electron chi connectivity index (χ1n) is 5.22. The molecular weight excluding hydrogens is 208 g/mol. The van der Waals surface area contributed by atoms with Gasteiger partial charge in [0.1, 0.15) is 0 Å². The van der Waals surface area contributed by atoms with Crippen LogP contribution in [0.5, 0.6) is 0 Å². The monoisotopic (exact) mass is 228 g/mol. The lowest BCUT2D eigenvalue weighted by Gasteiger charge is -2.33. The molecule has 1 atom stereocenters. The summed E-state index contributed by atoms with van der Waals surface area (Å²) in [6.07, 6.45) is 0.904. The molecule has 0 saturated heterocycles. The Morgan fingerprint density at radius 2 is 2.33 bits per heavy atom. The third-order valence-electron chi connectivity index (χ3n) is 2.54. The predicted octanol–water partition coefficient (Wildman–Crippen LogP) is 1.94. The molecule has 3 N–H and O–H groups in total. The van der Waals surface area contributed by atoms with E-state index in [1.165, 1.54) is 4.88 Å². The lowest BCUT2D eigenvalue weighted by atomic mass is 9.95. The van der Waals surface area contributed by atoms with Gasteiger partial charge in [-0.1, -0.05) is 6.07 Å². The van der Waals surface area contributed by atoms with E-state index in [2.05, 4.69) is 36.8 Å². The second-order valence-corrected chi connectivity index (χ2v) is 5.07. The van der Waals surface area contributed by atoms with E-state index in [1.54, 1.807) is 11.3 Å². The molecule has 0 bridgehead atoms. The molecule has 15 heavy (non-hydrogen) atoms. The Morgan fingerprint density at radius 1 is 1.60 bits per heavy atom. The Morgan fingerprint density at radius 3 is 2.80 bits per heavy atom. The topological polar surface area (TPSA) is 47.3 Å². The predicted molar refractivity (Wildman–Crippen MR) is 64.8 cm³/mol. The molecule has 3 nitrogen and oxygen atoms in total. The molecule has 1 heterocycles. The zero-order chi connectivity index (χ0) is 11.3. The number of nitrogens with two attached hydrogens (primary N) is 1. The largest absolute Gasteiger partial charge is 0.374 e. The van der Waals surface area contributed by atoms with E-state index in [0.717, 1.165) is 6.42 Å². The van der Waals surface area contributed by atoms with Crippen molar-refractivity contribution in [3.05, 3.63) is 22.4 Å². The minimum atomic E-state index is -0.243. The Balaban J connectivity index is 2.62. The van der Waals surface area contributed by atoms with Crippen molar-refractivity contribution in [3.8, 4) is 0 Å². The van der Waals surface area contributed by atoms with Gasteiger partial charge in [0.05, 0.1) is 11.6 Å². The summed E-state index contributed by atoms with van der Waals surface area (Å²) in [5.74, 6) is 5.58. The highest BCUT2D eigenvalue weighted by Gasteiger charge is 2.29. The van der Waals surface area contributed by atoms with Gasteiger partial charge in [-0.3, -0.25) is 11.3 Å². The number of hydrazine groups is 1. The van der Waals surface area contributed by atoms with Gasteiger partial charge >= 0.3 is 0 Å². The van der Waals surface area contributed by atoms with E-state index in [9.17, 15) is 0 Å².